The minimum atomic E-state index is -1.75. The van der Waals surface area contributed by atoms with E-state index in [0.717, 1.165) is 23.8 Å². The van der Waals surface area contributed by atoms with Gasteiger partial charge in [-0.2, -0.15) is 0 Å². The van der Waals surface area contributed by atoms with Crippen molar-refractivity contribution in [3.8, 4) is 0 Å². The van der Waals surface area contributed by atoms with Crippen LogP contribution in [0, 0.1) is 5.82 Å². The molecule has 0 atom stereocenters. The second-order valence-corrected chi connectivity index (χ2v) is 6.90. The summed E-state index contributed by atoms with van der Waals surface area (Å²) < 4.78 is 13.9. The lowest BCUT2D eigenvalue weighted by Crippen LogP contribution is -2.31. The molecule has 1 aliphatic carbocycles. The lowest BCUT2D eigenvalue weighted by atomic mass is 9.81. The second kappa shape index (κ2) is 6.90. The Bertz CT molecular complexity index is 709. The summed E-state index contributed by atoms with van der Waals surface area (Å²) in [7, 11) is -1.75. The smallest absolute Gasteiger partial charge is 0.423 e. The van der Waals surface area contributed by atoms with Gasteiger partial charge in [-0.25, -0.2) is 4.39 Å². The Morgan fingerprint density at radius 2 is 2.09 bits per heavy atom. The molecule has 3 rings (SSSR count). The molecule has 0 aromatic carbocycles. The summed E-state index contributed by atoms with van der Waals surface area (Å²) in [5.41, 5.74) is 1.46. The Morgan fingerprint density at radius 1 is 1.30 bits per heavy atom. The molecule has 2 heterocycles. The normalized spacial score (nSPS) is 13.7. The molecule has 4 nitrogen and oxygen atoms in total. The highest BCUT2D eigenvalue weighted by atomic mass is 32.1. The summed E-state index contributed by atoms with van der Waals surface area (Å²) in [6, 6.07) is 3.03. The molecule has 0 saturated heterocycles. The number of hydrogen-bond acceptors (Lipinski definition) is 5. The second-order valence-electron chi connectivity index (χ2n) is 5.76. The van der Waals surface area contributed by atoms with Crippen molar-refractivity contribution in [3.63, 3.8) is 0 Å². The van der Waals surface area contributed by atoms with Crippen LogP contribution in [0.5, 0.6) is 0 Å². The third-order valence-electron chi connectivity index (χ3n) is 4.10. The van der Waals surface area contributed by atoms with E-state index in [1.54, 1.807) is 11.3 Å². The van der Waals surface area contributed by atoms with Crippen LogP contribution in [0.2, 0.25) is 0 Å². The predicted octanol–water partition coefficient (Wildman–Crippen LogP) is 1.66. The number of hydrogen-bond donors (Lipinski definition) is 2. The van der Waals surface area contributed by atoms with E-state index >= 15 is 0 Å². The average Bonchev–Trinajstić information content (AvgIpc) is 2.97. The zero-order chi connectivity index (χ0) is 16.4. The summed E-state index contributed by atoms with van der Waals surface area (Å²) >= 11 is 1.56. The summed E-state index contributed by atoms with van der Waals surface area (Å²) in [4.78, 5) is 18.2. The van der Waals surface area contributed by atoms with Crippen molar-refractivity contribution < 1.29 is 19.2 Å². The van der Waals surface area contributed by atoms with E-state index in [1.165, 1.54) is 29.5 Å². The minimum Gasteiger partial charge on any atom is -0.423 e. The zero-order valence-electron chi connectivity index (χ0n) is 12.6. The van der Waals surface area contributed by atoms with Gasteiger partial charge in [0.25, 0.3) is 0 Å². The molecule has 2 aromatic rings. The van der Waals surface area contributed by atoms with Crippen molar-refractivity contribution in [1.82, 2.24) is 4.98 Å². The molecule has 0 bridgehead atoms. The maximum Gasteiger partial charge on any atom is 0.490 e. The molecule has 0 saturated carbocycles. The molecule has 2 N–H and O–H groups in total. The van der Waals surface area contributed by atoms with E-state index in [0.29, 0.717) is 0 Å². The minimum absolute atomic E-state index is 0.00325. The van der Waals surface area contributed by atoms with E-state index in [1.807, 2.05) is 6.07 Å². The van der Waals surface area contributed by atoms with Gasteiger partial charge in [0.1, 0.15) is 5.82 Å². The van der Waals surface area contributed by atoms with E-state index in [9.17, 15) is 9.18 Å². The molecular formula is C16H17BFNO3S. The van der Waals surface area contributed by atoms with Crippen molar-refractivity contribution in [2.24, 2.45) is 0 Å². The van der Waals surface area contributed by atoms with Gasteiger partial charge in [-0.3, -0.25) is 9.78 Å². The first kappa shape index (κ1) is 16.3. The van der Waals surface area contributed by atoms with Crippen LogP contribution in [0.3, 0.4) is 0 Å². The summed E-state index contributed by atoms with van der Waals surface area (Å²) in [5.74, 6) is -0.606. The summed E-state index contributed by atoms with van der Waals surface area (Å²) in [6.07, 6.45) is 6.07. The fourth-order valence-corrected chi connectivity index (χ4v) is 4.01. The van der Waals surface area contributed by atoms with Gasteiger partial charge in [0.05, 0.1) is 10.6 Å². The molecule has 2 aromatic heterocycles. The summed E-state index contributed by atoms with van der Waals surface area (Å²) in [5, 5.41) is 18.0. The number of carbonyl (C=O) groups is 1. The lowest BCUT2D eigenvalue weighted by molar-refractivity contribution is 0.0986. The lowest BCUT2D eigenvalue weighted by Gasteiger charge is -2.08. The van der Waals surface area contributed by atoms with Crippen LogP contribution < -0.4 is 5.46 Å². The van der Waals surface area contributed by atoms with Crippen molar-refractivity contribution in [2.75, 3.05) is 0 Å². The molecule has 120 valence electrons. The Hall–Kier alpha value is -1.57. The topological polar surface area (TPSA) is 70.4 Å². The fourth-order valence-electron chi connectivity index (χ4n) is 2.79. The average molecular weight is 333 g/mol. The van der Waals surface area contributed by atoms with Gasteiger partial charge < -0.3 is 10.0 Å². The third kappa shape index (κ3) is 3.68. The van der Waals surface area contributed by atoms with E-state index in [4.69, 9.17) is 10.0 Å². The van der Waals surface area contributed by atoms with Crippen LogP contribution in [0.1, 0.15) is 45.1 Å². The highest BCUT2D eigenvalue weighted by molar-refractivity contribution is 7.14. The van der Waals surface area contributed by atoms with Crippen LogP contribution in [0.15, 0.2) is 18.3 Å². The van der Waals surface area contributed by atoms with E-state index < -0.39 is 12.9 Å². The first-order valence-corrected chi connectivity index (χ1v) is 8.51. The Morgan fingerprint density at radius 3 is 2.78 bits per heavy atom. The fraction of sp³-hybridized carbons (Fsp3) is 0.375. The number of aromatic nitrogens is 1. The Kier molecular flexibility index (Phi) is 4.89. The highest BCUT2D eigenvalue weighted by Crippen LogP contribution is 2.30. The van der Waals surface area contributed by atoms with E-state index in [-0.39, 0.29) is 29.8 Å². The number of rotatable bonds is 5. The first-order chi connectivity index (χ1) is 11.0. The number of thiophene rings is 1. The van der Waals surface area contributed by atoms with Crippen LogP contribution in [0.25, 0.3) is 0 Å². The van der Waals surface area contributed by atoms with Gasteiger partial charge in [-0.1, -0.05) is 0 Å². The molecule has 7 heteroatoms. The zero-order valence-corrected chi connectivity index (χ0v) is 13.4. The van der Waals surface area contributed by atoms with Gasteiger partial charge in [-0.15, -0.1) is 11.3 Å². The van der Waals surface area contributed by atoms with E-state index in [2.05, 4.69) is 4.98 Å². The van der Waals surface area contributed by atoms with Crippen LogP contribution >= 0.6 is 11.3 Å². The number of halogens is 1. The summed E-state index contributed by atoms with van der Waals surface area (Å²) in [6.45, 7) is 0. The van der Waals surface area contributed by atoms with Gasteiger partial charge in [-0.05, 0) is 49.8 Å². The van der Waals surface area contributed by atoms with Crippen LogP contribution in [-0.2, 0) is 19.3 Å². The highest BCUT2D eigenvalue weighted by Gasteiger charge is 2.19. The number of aryl methyl sites for hydroxylation is 3. The number of fused-ring (bicyclic) bond motifs is 1. The largest absolute Gasteiger partial charge is 0.490 e. The van der Waals surface area contributed by atoms with Gasteiger partial charge >= 0.3 is 7.12 Å². The van der Waals surface area contributed by atoms with Crippen LogP contribution in [0.4, 0.5) is 4.39 Å². The maximum absolute atomic E-state index is 13.9. The molecule has 0 fully saturated rings. The number of Topliss-reactive ketones (excluding diaryl/α,β-unsaturated/α-hetero) is 1. The quantitative estimate of drug-likeness (QED) is 0.645. The SMILES string of the molecule is O=C(CCc1ncc(B(O)O)cc1F)c1cc2c(s1)CCCC2. The van der Waals surface area contributed by atoms with Crippen molar-refractivity contribution in [1.29, 1.82) is 0 Å². The Balaban J connectivity index is 1.66. The number of pyridine rings is 1. The predicted molar refractivity (Wildman–Crippen MR) is 87.6 cm³/mol. The number of ketones is 1. The maximum atomic E-state index is 13.9. The molecule has 1 aliphatic rings. The monoisotopic (exact) mass is 333 g/mol. The third-order valence-corrected chi connectivity index (χ3v) is 5.38. The standard InChI is InChI=1S/C16H17BFNO3S/c18-12-8-11(17(21)22)9-19-13(12)5-6-14(20)16-7-10-3-1-2-4-15(10)23-16/h7-9,21-22H,1-6H2. The van der Waals surface area contributed by atoms with Gasteiger partial charge in [0.2, 0.25) is 0 Å². The molecule has 0 aliphatic heterocycles. The number of nitrogens with zero attached hydrogens (tertiary/aromatic N) is 1. The molecule has 0 amide bonds. The van der Waals surface area contributed by atoms with Gasteiger partial charge in [0.15, 0.2) is 5.78 Å². The number of carbonyl (C=O) groups excluding carboxylic acids is 1. The van der Waals surface area contributed by atoms with Crippen molar-refractivity contribution in [2.45, 2.75) is 38.5 Å². The Labute approximate surface area is 138 Å². The molecular weight excluding hydrogens is 316 g/mol. The molecule has 23 heavy (non-hydrogen) atoms. The molecule has 0 unspecified atom stereocenters. The molecule has 0 spiro atoms. The molecule has 0 radical (unpaired) electrons. The van der Waals surface area contributed by atoms with Gasteiger partial charge in [0, 0.05) is 23.0 Å². The van der Waals surface area contributed by atoms with Crippen molar-refractivity contribution in [3.05, 3.63) is 45.2 Å². The van der Waals surface area contributed by atoms with Crippen LogP contribution in [-0.4, -0.2) is 27.9 Å². The van der Waals surface area contributed by atoms with Crippen molar-refractivity contribution >= 4 is 29.7 Å². The first-order valence-electron chi connectivity index (χ1n) is 7.70.